The summed E-state index contributed by atoms with van der Waals surface area (Å²) in [6.45, 7) is 0.969. The number of carboxylic acids is 1. The van der Waals surface area contributed by atoms with Gasteiger partial charge in [-0.25, -0.2) is 15.3 Å². The van der Waals surface area contributed by atoms with Crippen molar-refractivity contribution in [1.82, 2.24) is 0 Å². The van der Waals surface area contributed by atoms with E-state index in [0.29, 0.717) is 48.5 Å². The first-order chi connectivity index (χ1) is 42.8. The molecule has 0 aromatic heterocycles. The molecule has 1 amide bonds. The first-order valence-electron chi connectivity index (χ1n) is 23.4. The van der Waals surface area contributed by atoms with Crippen molar-refractivity contribution < 1.29 is 129 Å². The number of aromatic carboxylic acids is 1. The number of nitro benzene ring substituents is 1. The van der Waals surface area contributed by atoms with Crippen LogP contribution in [0.2, 0.25) is 0 Å². The van der Waals surface area contributed by atoms with Crippen LogP contribution in [0.5, 0.6) is 17.2 Å². The predicted octanol–water partition coefficient (Wildman–Crippen LogP) is 10.2. The van der Waals surface area contributed by atoms with E-state index in [2.05, 4.69) is 65.0 Å². The lowest BCUT2D eigenvalue weighted by Gasteiger charge is -2.15. The number of carbonyl (C=O) groups excluding carboxylic acids is 1. The minimum Gasteiger partial charge on any atom is -0.507 e. The van der Waals surface area contributed by atoms with Gasteiger partial charge in [-0.2, -0.15) is 42.1 Å². The number of azo groups is 4. The number of nitrogens with one attached hydrogen (secondary N) is 1. The van der Waals surface area contributed by atoms with Crippen LogP contribution in [0.15, 0.2) is 160 Å². The number of phenolic OH excluding ortho intramolecular Hbond substituents is 3. The van der Waals surface area contributed by atoms with E-state index in [4.69, 9.17) is 16.2 Å². The predicted molar refractivity (Wildman–Crippen MR) is 309 cm³/mol. The second kappa shape index (κ2) is 26.0. The summed E-state index contributed by atoms with van der Waals surface area (Å²) in [7, 11) is -27.2. The summed E-state index contributed by atoms with van der Waals surface area (Å²) in [4.78, 5) is 28.0. The SMILES string of the molecule is CC(=O)Nc1cc(N=Nc2c(S(=O)(=O)O)cc3c(S(=O)(=O)O)c(N=Nc4cc(S(=O)(=O)O)c5cc(SOOO)c(N=Nc6ccc([N+](=O)[O-])cc6C(=O)O)c(O)c5c4N)ccc3c2O)c(SOOO)cc1N=Nc1cc(S(=O)(=O)O)cc2cc(S(=O)(=O)O)cc(O)c12. The summed E-state index contributed by atoms with van der Waals surface area (Å²) in [6.07, 6.45) is 0. The number of nitrogen functional groups attached to an aromatic ring is 1. The third-order valence-electron chi connectivity index (χ3n) is 12.0. The Bertz CT molecular complexity index is 5250. The number of aromatic hydroxyl groups is 3. The van der Waals surface area contributed by atoms with E-state index in [-0.39, 0.29) is 24.1 Å². The number of nitrogens with two attached hydrogens (primary N) is 1. The lowest BCUT2D eigenvalue weighted by atomic mass is 10.0. The van der Waals surface area contributed by atoms with Gasteiger partial charge < -0.3 is 31.5 Å². The van der Waals surface area contributed by atoms with Crippen molar-refractivity contribution in [2.75, 3.05) is 11.1 Å². The molecule has 0 bridgehead atoms. The lowest BCUT2D eigenvalue weighted by molar-refractivity contribution is -0.432. The summed E-state index contributed by atoms with van der Waals surface area (Å²) in [5.41, 5.74) is -2.51. The molecular weight excluding hydrogens is 1380 g/mol. The number of nitro groups is 1. The molecule has 0 saturated carbocycles. The number of carbonyl (C=O) groups is 2. The number of nitrogens with zero attached hydrogens (tertiary/aromatic N) is 9. The molecule has 14 N–H and O–H groups in total. The zero-order valence-corrected chi connectivity index (χ0v) is 50.0. The van der Waals surface area contributed by atoms with E-state index in [0.717, 1.165) is 43.3 Å². The Morgan fingerprint density at radius 1 is 0.543 bits per heavy atom. The van der Waals surface area contributed by atoms with Gasteiger partial charge in [0.05, 0.1) is 82.0 Å². The van der Waals surface area contributed by atoms with Crippen molar-refractivity contribution in [3.8, 4) is 17.2 Å². The van der Waals surface area contributed by atoms with Crippen LogP contribution in [-0.2, 0) is 74.1 Å². The van der Waals surface area contributed by atoms with E-state index >= 15 is 0 Å². The molecule has 92 heavy (non-hydrogen) atoms. The molecular formula is C45H31N11O29S7. The van der Waals surface area contributed by atoms with Gasteiger partial charge in [0.25, 0.3) is 56.3 Å². The van der Waals surface area contributed by atoms with Gasteiger partial charge in [0.15, 0.2) is 11.5 Å². The number of benzene rings is 8. The maximum atomic E-state index is 13.3. The third-order valence-corrected chi connectivity index (χ3v) is 17.6. The minimum absolute atomic E-state index is 0.00396. The number of hydrogen-bond donors (Lipinski definition) is 13. The first-order valence-corrected chi connectivity index (χ1v) is 32.1. The van der Waals surface area contributed by atoms with Crippen molar-refractivity contribution >= 4 is 181 Å². The highest BCUT2D eigenvalue weighted by atomic mass is 32.2. The highest BCUT2D eigenvalue weighted by molar-refractivity contribution is 7.95. The van der Waals surface area contributed by atoms with E-state index in [1.807, 2.05) is 0 Å². The Balaban J connectivity index is 1.27. The maximum Gasteiger partial charge on any atom is 0.338 e. The number of anilines is 2. The van der Waals surface area contributed by atoms with Gasteiger partial charge in [0.1, 0.15) is 60.2 Å². The number of phenols is 3. The summed E-state index contributed by atoms with van der Waals surface area (Å²) < 4.78 is 187. The normalized spacial score (nSPS) is 12.8. The smallest absolute Gasteiger partial charge is 0.338 e. The fourth-order valence-electron chi connectivity index (χ4n) is 8.28. The topological polar surface area (TPSA) is 644 Å². The van der Waals surface area contributed by atoms with Crippen LogP contribution >= 0.6 is 24.1 Å². The van der Waals surface area contributed by atoms with Crippen LogP contribution in [0, 0.1) is 10.1 Å². The molecule has 0 spiro atoms. The van der Waals surface area contributed by atoms with Crippen LogP contribution in [0.4, 0.5) is 62.6 Å². The average Bonchev–Trinajstić information content (AvgIpc) is 0.756. The van der Waals surface area contributed by atoms with E-state index in [9.17, 15) is 105 Å². The Morgan fingerprint density at radius 2 is 1.10 bits per heavy atom. The summed E-state index contributed by atoms with van der Waals surface area (Å²) >= 11 is 0.0556. The van der Waals surface area contributed by atoms with Gasteiger partial charge in [-0.05, 0) is 72.1 Å². The number of non-ortho nitro benzene ring substituents is 1. The van der Waals surface area contributed by atoms with Gasteiger partial charge in [0.2, 0.25) is 5.91 Å². The van der Waals surface area contributed by atoms with Gasteiger partial charge >= 0.3 is 5.97 Å². The molecule has 40 nitrogen and oxygen atoms in total. The monoisotopic (exact) mass is 1410 g/mol. The van der Waals surface area contributed by atoms with Crippen molar-refractivity contribution in [3.05, 3.63) is 101 Å². The number of hydrogen-bond acceptors (Lipinski definition) is 34. The molecule has 8 aromatic rings. The van der Waals surface area contributed by atoms with Crippen LogP contribution in [-0.4, -0.2) is 113 Å². The van der Waals surface area contributed by atoms with E-state index in [1.165, 1.54) is 0 Å². The number of rotatable bonds is 22. The number of fused-ring (bicyclic) bond motifs is 3. The Morgan fingerprint density at radius 3 is 1.67 bits per heavy atom. The zero-order valence-electron chi connectivity index (χ0n) is 44.3. The van der Waals surface area contributed by atoms with Crippen LogP contribution < -0.4 is 11.1 Å². The Hall–Kier alpha value is -9.51. The molecule has 0 heterocycles. The highest BCUT2D eigenvalue weighted by Crippen LogP contribution is 2.52. The molecule has 0 aliphatic rings. The molecule has 0 fully saturated rings. The highest BCUT2D eigenvalue weighted by Gasteiger charge is 2.31. The van der Waals surface area contributed by atoms with Crippen molar-refractivity contribution in [2.45, 2.75) is 41.2 Å². The second-order valence-electron chi connectivity index (χ2n) is 17.8. The zero-order chi connectivity index (χ0) is 67.9. The fraction of sp³-hybridized carbons (Fsp3) is 0.0222. The summed E-state index contributed by atoms with van der Waals surface area (Å²) in [5.74, 6) is -6.08. The standard InChI is InChI=1S/C45H31N11O29S7/c1-16(57)47-27-13-29(33(86-84-82-65)14-28(27)50-52-30-9-19(88(67,68)69)6-17-7-20(89(70,71)72)10-32(58)37(17)30)51-55-41-36(91(76,77)78)12-22-21(42(41)59)3-5-26(44(22)92(79,80)81)49-53-31-15-35(90(73,74)75)24-11-34(87-85-83-66)40(43(60)38(24)39(31)46)54-48-25-4-2-18(56(63)64)8-23(25)45(61)62/h2-15,58-60,65-66H,46H2,1H3,(H,47,57)(H,61,62)(H,67,68,69)(H,70,71,72)(H,73,74,75)(H,76,77,78)(H,79,80,81). The first kappa shape index (κ1) is 68.4. The molecule has 0 saturated heterocycles. The van der Waals surface area contributed by atoms with Gasteiger partial charge in [0, 0.05) is 41.3 Å². The van der Waals surface area contributed by atoms with Gasteiger partial charge in [-0.3, -0.25) is 37.7 Å². The van der Waals surface area contributed by atoms with Gasteiger partial charge in [-0.15, -0.1) is 49.6 Å². The Kier molecular flexibility index (Phi) is 19.3. The van der Waals surface area contributed by atoms with Gasteiger partial charge in [-0.1, -0.05) is 10.1 Å². The van der Waals surface area contributed by atoms with Crippen molar-refractivity contribution in [3.63, 3.8) is 0 Å². The molecule has 482 valence electrons. The maximum absolute atomic E-state index is 13.3. The van der Waals surface area contributed by atoms with Crippen LogP contribution in [0.1, 0.15) is 17.3 Å². The molecule has 0 aliphatic heterocycles. The van der Waals surface area contributed by atoms with E-state index < -0.39 is 219 Å². The van der Waals surface area contributed by atoms with E-state index in [1.54, 1.807) is 0 Å². The molecule has 47 heteroatoms. The number of carboxylic acid groups (broad SMARTS) is 1. The third kappa shape index (κ3) is 14.6. The fourth-order valence-corrected chi connectivity index (χ4v) is 12.5. The summed E-state index contributed by atoms with van der Waals surface area (Å²) in [5, 5.41) is 109. The summed E-state index contributed by atoms with van der Waals surface area (Å²) in [6, 6.07) is 9.76. The Labute approximate surface area is 518 Å². The van der Waals surface area contributed by atoms with Crippen LogP contribution in [0.25, 0.3) is 32.3 Å². The molecule has 0 radical (unpaired) electrons. The van der Waals surface area contributed by atoms with Crippen LogP contribution in [0.3, 0.4) is 0 Å². The molecule has 8 aromatic carbocycles. The minimum atomic E-state index is -5.76. The molecule has 8 rings (SSSR count). The average molecular weight is 1410 g/mol. The quantitative estimate of drug-likeness (QED) is 0.00570. The largest absolute Gasteiger partial charge is 0.507 e. The van der Waals surface area contributed by atoms with Crippen molar-refractivity contribution in [1.29, 1.82) is 0 Å². The van der Waals surface area contributed by atoms with Crippen molar-refractivity contribution in [2.24, 2.45) is 40.9 Å². The molecule has 0 unspecified atom stereocenters. The lowest BCUT2D eigenvalue weighted by Crippen LogP contribution is -2.06. The number of amides is 1. The molecule has 0 atom stereocenters. The molecule has 0 aliphatic carbocycles. The second-order valence-corrected chi connectivity index (χ2v) is 26.2.